The van der Waals surface area contributed by atoms with E-state index in [0.29, 0.717) is 0 Å². The predicted molar refractivity (Wildman–Crippen MR) is 140 cm³/mol. The fourth-order valence-electron chi connectivity index (χ4n) is 6.26. The molecule has 1 aromatic carbocycles. The van der Waals surface area contributed by atoms with Crippen molar-refractivity contribution in [2.24, 2.45) is 17.6 Å². The number of aliphatic hydroxyl groups is 4. The maximum atomic E-state index is 14.6. The molecule has 13 nitrogen and oxygen atoms in total. The summed E-state index contributed by atoms with van der Waals surface area (Å²) < 4.78 is 10.9. The van der Waals surface area contributed by atoms with Gasteiger partial charge in [-0.05, 0) is 32.6 Å². The number of likely N-dealkylation sites (N-methyl/N-ethyl adjacent to an activating group) is 1. The number of fused-ring (bicyclic) bond motifs is 3. The van der Waals surface area contributed by atoms with Crippen molar-refractivity contribution in [1.82, 2.24) is 4.90 Å². The molecule has 1 saturated carbocycles. The summed E-state index contributed by atoms with van der Waals surface area (Å²) in [6.07, 6.45) is -2.29. The number of ketones is 2. The number of rotatable bonds is 6. The molecule has 3 aliphatic rings. The van der Waals surface area contributed by atoms with Gasteiger partial charge in [0.25, 0.3) is 5.91 Å². The summed E-state index contributed by atoms with van der Waals surface area (Å²) in [5.74, 6) is -11.2. The molecule has 1 fully saturated rings. The van der Waals surface area contributed by atoms with Gasteiger partial charge in [0.2, 0.25) is 11.4 Å². The van der Waals surface area contributed by atoms with Crippen LogP contribution < -0.4 is 10.5 Å². The van der Waals surface area contributed by atoms with Crippen molar-refractivity contribution in [3.63, 3.8) is 0 Å². The molecule has 3 aliphatic carbocycles. The molecule has 1 amide bonds. The van der Waals surface area contributed by atoms with E-state index in [2.05, 4.69) is 0 Å². The first-order chi connectivity index (χ1) is 19.1. The SMILES string of the molecule is CCC(=O)Oc1cccc2c1C(O)=C1C(=O)C3(OC(=O)CC)C(O)=C(C(N)=O)C(=O)C(N(C)C)C3C(O)C1C2(C)O. The van der Waals surface area contributed by atoms with Crippen LogP contribution in [0.3, 0.4) is 0 Å². The Labute approximate surface area is 234 Å². The molecule has 6 N–H and O–H groups in total. The lowest BCUT2D eigenvalue weighted by atomic mass is 9.53. The van der Waals surface area contributed by atoms with Crippen LogP contribution in [0.5, 0.6) is 5.75 Å². The highest BCUT2D eigenvalue weighted by molar-refractivity contribution is 6.25. The van der Waals surface area contributed by atoms with Crippen LogP contribution in [0.1, 0.15) is 44.7 Å². The van der Waals surface area contributed by atoms with Gasteiger partial charge in [-0.1, -0.05) is 26.0 Å². The Hall–Kier alpha value is -4.07. The number of aliphatic hydroxyl groups excluding tert-OH is 3. The van der Waals surface area contributed by atoms with Gasteiger partial charge in [0.15, 0.2) is 11.5 Å². The fourth-order valence-corrected chi connectivity index (χ4v) is 6.26. The number of hydrogen-bond acceptors (Lipinski definition) is 12. The highest BCUT2D eigenvalue weighted by Crippen LogP contribution is 2.58. The molecule has 13 heteroatoms. The number of nitrogens with two attached hydrogens (primary N) is 1. The predicted octanol–water partition coefficient (Wildman–Crippen LogP) is 0.171. The number of esters is 2. The lowest BCUT2D eigenvalue weighted by Crippen LogP contribution is -2.73. The molecule has 0 aromatic heterocycles. The zero-order valence-corrected chi connectivity index (χ0v) is 23.1. The van der Waals surface area contributed by atoms with E-state index >= 15 is 0 Å². The number of amides is 1. The molecule has 4 rings (SSSR count). The topological polar surface area (TPSA) is 214 Å². The highest BCUT2D eigenvalue weighted by atomic mass is 16.6. The number of carbonyl (C=O) groups is 5. The van der Waals surface area contributed by atoms with Gasteiger partial charge in [-0.25, -0.2) is 0 Å². The Bertz CT molecular complexity index is 1440. The summed E-state index contributed by atoms with van der Waals surface area (Å²) in [5, 5.41) is 46.8. The molecule has 6 unspecified atom stereocenters. The molecule has 0 saturated heterocycles. The van der Waals surface area contributed by atoms with Gasteiger partial charge < -0.3 is 35.6 Å². The molecule has 41 heavy (non-hydrogen) atoms. The van der Waals surface area contributed by atoms with Crippen molar-refractivity contribution >= 4 is 35.2 Å². The molecule has 0 heterocycles. The molecule has 0 bridgehead atoms. The first-order valence-electron chi connectivity index (χ1n) is 13.0. The van der Waals surface area contributed by atoms with Gasteiger partial charge in [-0.2, -0.15) is 0 Å². The van der Waals surface area contributed by atoms with Crippen LogP contribution in [-0.2, 0) is 34.3 Å². The van der Waals surface area contributed by atoms with Crippen LogP contribution >= 0.6 is 0 Å². The summed E-state index contributed by atoms with van der Waals surface area (Å²) in [5.41, 5.74) is -1.52. The third-order valence-corrected chi connectivity index (χ3v) is 8.06. The number of nitrogens with zero attached hydrogens (tertiary/aromatic N) is 1. The van der Waals surface area contributed by atoms with Crippen molar-refractivity contribution in [1.29, 1.82) is 0 Å². The van der Waals surface area contributed by atoms with Crippen molar-refractivity contribution in [2.45, 2.75) is 57.0 Å². The Morgan fingerprint density at radius 2 is 1.68 bits per heavy atom. The van der Waals surface area contributed by atoms with Gasteiger partial charge in [-0.15, -0.1) is 0 Å². The first kappa shape index (κ1) is 29.9. The number of carbonyl (C=O) groups excluding carboxylic acids is 5. The Morgan fingerprint density at radius 1 is 1.07 bits per heavy atom. The number of benzene rings is 1. The van der Waals surface area contributed by atoms with Crippen LogP contribution in [0.4, 0.5) is 0 Å². The van der Waals surface area contributed by atoms with Crippen LogP contribution in [0.15, 0.2) is 35.1 Å². The second-order valence-electron chi connectivity index (χ2n) is 10.7. The molecule has 6 atom stereocenters. The average Bonchev–Trinajstić information content (AvgIpc) is 2.89. The van der Waals surface area contributed by atoms with E-state index in [-0.39, 0.29) is 29.7 Å². The lowest BCUT2D eigenvalue weighted by molar-refractivity contribution is -0.199. The number of Topliss-reactive ketones (excluding diaryl/α,β-unsaturated/α-hetero) is 2. The van der Waals surface area contributed by atoms with E-state index in [9.17, 15) is 44.4 Å². The van der Waals surface area contributed by atoms with E-state index in [0.717, 1.165) is 0 Å². The quantitative estimate of drug-likeness (QED) is 0.175. The van der Waals surface area contributed by atoms with Crippen LogP contribution in [0, 0.1) is 11.8 Å². The van der Waals surface area contributed by atoms with Gasteiger partial charge >= 0.3 is 11.9 Å². The third-order valence-electron chi connectivity index (χ3n) is 8.06. The number of ether oxygens (including phenoxy) is 2. The first-order valence-corrected chi connectivity index (χ1v) is 13.0. The number of primary amides is 1. The Kier molecular flexibility index (Phi) is 7.36. The molecule has 0 radical (unpaired) electrons. The fraction of sp³-hybridized carbons (Fsp3) is 0.464. The Morgan fingerprint density at radius 3 is 2.22 bits per heavy atom. The summed E-state index contributed by atoms with van der Waals surface area (Å²) >= 11 is 0. The summed E-state index contributed by atoms with van der Waals surface area (Å²) in [4.78, 5) is 66.6. The molecular weight excluding hydrogens is 540 g/mol. The van der Waals surface area contributed by atoms with Crippen LogP contribution in [0.25, 0.3) is 5.76 Å². The molecule has 0 aliphatic heterocycles. The van der Waals surface area contributed by atoms with Gasteiger partial charge in [-0.3, -0.25) is 28.9 Å². The van der Waals surface area contributed by atoms with Crippen LogP contribution in [0.2, 0.25) is 0 Å². The smallest absolute Gasteiger partial charge is 0.310 e. The van der Waals surface area contributed by atoms with E-state index in [1.54, 1.807) is 0 Å². The second-order valence-corrected chi connectivity index (χ2v) is 10.7. The second kappa shape index (κ2) is 10.1. The molecular formula is C28H32N2O11. The van der Waals surface area contributed by atoms with E-state index in [4.69, 9.17) is 15.2 Å². The van der Waals surface area contributed by atoms with E-state index < -0.39 is 87.3 Å². The van der Waals surface area contributed by atoms with Crippen molar-refractivity contribution in [3.05, 3.63) is 46.2 Å². The lowest BCUT2D eigenvalue weighted by Gasteiger charge is -2.56. The zero-order valence-electron chi connectivity index (χ0n) is 23.1. The summed E-state index contributed by atoms with van der Waals surface area (Å²) in [6.45, 7) is 4.18. The van der Waals surface area contributed by atoms with Crippen LogP contribution in [-0.4, -0.2) is 86.6 Å². The third kappa shape index (κ3) is 4.06. The highest BCUT2D eigenvalue weighted by Gasteiger charge is 2.72. The van der Waals surface area contributed by atoms with E-state index in [1.807, 2.05) is 0 Å². The standard InChI is InChI=1S/C28H32N2O11/c1-6-13(31)40-12-10-8-9-11-15(12)21(33)16-18(27(11,3)39)23(35)19-20(30(4)5)22(34)17(26(29)38)25(37)28(19,24(16)36)41-14(32)7-2/h8-10,18-20,23,33,35,37,39H,6-7H2,1-5H3,(H2,29,38). The Balaban J connectivity index is 2.15. The van der Waals surface area contributed by atoms with Gasteiger partial charge in [0, 0.05) is 12.8 Å². The summed E-state index contributed by atoms with van der Waals surface area (Å²) in [6, 6.07) is 2.62. The van der Waals surface area contributed by atoms with Gasteiger partial charge in [0.05, 0.1) is 40.7 Å². The molecule has 220 valence electrons. The van der Waals surface area contributed by atoms with Crippen molar-refractivity contribution in [3.8, 4) is 5.75 Å². The van der Waals surface area contributed by atoms with E-state index in [1.165, 1.54) is 58.0 Å². The number of hydrogen-bond donors (Lipinski definition) is 5. The average molecular weight is 573 g/mol. The maximum absolute atomic E-state index is 14.6. The maximum Gasteiger partial charge on any atom is 0.310 e. The minimum Gasteiger partial charge on any atom is -0.507 e. The largest absolute Gasteiger partial charge is 0.507 e. The zero-order chi connectivity index (χ0) is 30.8. The summed E-state index contributed by atoms with van der Waals surface area (Å²) in [7, 11) is 2.80. The minimum absolute atomic E-state index is 0.00353. The molecule has 1 aromatic rings. The monoisotopic (exact) mass is 572 g/mol. The molecule has 0 spiro atoms. The van der Waals surface area contributed by atoms with Crippen molar-refractivity contribution in [2.75, 3.05) is 14.1 Å². The normalized spacial score (nSPS) is 30.9. The van der Waals surface area contributed by atoms with Gasteiger partial charge in [0.1, 0.15) is 17.1 Å². The minimum atomic E-state index is -2.89. The van der Waals surface area contributed by atoms with Crippen molar-refractivity contribution < 1.29 is 53.9 Å².